The summed E-state index contributed by atoms with van der Waals surface area (Å²) >= 11 is 4.91. The summed E-state index contributed by atoms with van der Waals surface area (Å²) in [5.74, 6) is 0.716. The molecule has 0 atom stereocenters. The average Bonchev–Trinajstić information content (AvgIpc) is 2.20. The molecule has 13 heavy (non-hydrogen) atoms. The summed E-state index contributed by atoms with van der Waals surface area (Å²) in [5.41, 5.74) is 1.33. The highest BCUT2D eigenvalue weighted by atomic mass is 32.1. The topological polar surface area (TPSA) is 28.7 Å². The number of aromatic nitrogens is 2. The second-order valence-electron chi connectivity index (χ2n) is 3.69. The molecule has 1 heterocycles. The zero-order chi connectivity index (χ0) is 9.10. The van der Waals surface area contributed by atoms with E-state index in [1.54, 1.807) is 0 Å². The highest BCUT2D eigenvalue weighted by molar-refractivity contribution is 7.71. The van der Waals surface area contributed by atoms with Gasteiger partial charge in [-0.25, -0.2) is 4.98 Å². The van der Waals surface area contributed by atoms with Gasteiger partial charge in [0.1, 0.15) is 0 Å². The van der Waals surface area contributed by atoms with Crippen molar-refractivity contribution in [2.75, 3.05) is 0 Å². The third kappa shape index (κ3) is 2.15. The molecule has 1 N–H and O–H groups in total. The van der Waals surface area contributed by atoms with Crippen molar-refractivity contribution in [1.29, 1.82) is 0 Å². The van der Waals surface area contributed by atoms with Gasteiger partial charge in [-0.15, -0.1) is 0 Å². The van der Waals surface area contributed by atoms with Gasteiger partial charge in [0.2, 0.25) is 0 Å². The normalized spacial score (nSPS) is 18.8. The number of nitrogens with zero attached hydrogens (tertiary/aromatic N) is 1. The van der Waals surface area contributed by atoms with E-state index in [1.165, 1.54) is 37.7 Å². The predicted molar refractivity (Wildman–Crippen MR) is 55.2 cm³/mol. The Hall–Kier alpha value is -0.700. The van der Waals surface area contributed by atoms with E-state index in [1.807, 2.05) is 12.4 Å². The first kappa shape index (κ1) is 8.88. The summed E-state index contributed by atoms with van der Waals surface area (Å²) in [6.07, 6.45) is 10.7. The van der Waals surface area contributed by atoms with E-state index in [0.29, 0.717) is 10.7 Å². The maximum absolute atomic E-state index is 4.91. The standard InChI is InChI=1S/C10H14N2S/c13-10-11-6-9(7-12-10)8-4-2-1-3-5-8/h6-8H,1-5H2,(H,11,12,13). The number of rotatable bonds is 1. The van der Waals surface area contributed by atoms with Gasteiger partial charge in [0.25, 0.3) is 0 Å². The van der Waals surface area contributed by atoms with Crippen molar-refractivity contribution in [3.63, 3.8) is 0 Å². The van der Waals surface area contributed by atoms with Crippen LogP contribution in [-0.4, -0.2) is 9.97 Å². The maximum atomic E-state index is 4.91. The van der Waals surface area contributed by atoms with Gasteiger partial charge in [-0.2, -0.15) is 0 Å². The van der Waals surface area contributed by atoms with Crippen molar-refractivity contribution >= 4 is 12.2 Å². The SMILES string of the molecule is S=c1ncc(C2CCCCC2)c[nH]1. The summed E-state index contributed by atoms with van der Waals surface area (Å²) in [7, 11) is 0. The number of hydrogen-bond donors (Lipinski definition) is 1. The molecule has 3 heteroatoms. The van der Waals surface area contributed by atoms with E-state index in [9.17, 15) is 0 Å². The molecule has 70 valence electrons. The molecule has 0 amide bonds. The van der Waals surface area contributed by atoms with E-state index < -0.39 is 0 Å². The van der Waals surface area contributed by atoms with Gasteiger partial charge >= 0.3 is 0 Å². The highest BCUT2D eigenvalue weighted by Gasteiger charge is 2.15. The van der Waals surface area contributed by atoms with Gasteiger partial charge in [-0.3, -0.25) is 0 Å². The Morgan fingerprint density at radius 1 is 1.31 bits per heavy atom. The van der Waals surface area contributed by atoms with Crippen LogP contribution in [0.5, 0.6) is 0 Å². The molecule has 0 radical (unpaired) electrons. The summed E-state index contributed by atoms with van der Waals surface area (Å²) in [5, 5.41) is 0. The lowest BCUT2D eigenvalue weighted by Crippen LogP contribution is -2.05. The van der Waals surface area contributed by atoms with Gasteiger partial charge in [0.15, 0.2) is 4.77 Å². The molecule has 1 aromatic heterocycles. The molecule has 0 aromatic carbocycles. The number of nitrogens with one attached hydrogen (secondary N) is 1. The minimum Gasteiger partial charge on any atom is -0.337 e. The van der Waals surface area contributed by atoms with Crippen molar-refractivity contribution in [2.45, 2.75) is 38.0 Å². The molecule has 0 spiro atoms. The second-order valence-corrected chi connectivity index (χ2v) is 4.07. The van der Waals surface area contributed by atoms with Crippen molar-refractivity contribution in [2.24, 2.45) is 0 Å². The van der Waals surface area contributed by atoms with Gasteiger partial charge in [-0.1, -0.05) is 19.3 Å². The van der Waals surface area contributed by atoms with E-state index in [4.69, 9.17) is 12.2 Å². The number of H-pyrrole nitrogens is 1. The first-order valence-corrected chi connectivity index (χ1v) is 5.32. The lowest BCUT2D eigenvalue weighted by molar-refractivity contribution is 0.442. The van der Waals surface area contributed by atoms with Gasteiger partial charge in [-0.05, 0) is 36.5 Å². The molecular formula is C10H14N2S. The van der Waals surface area contributed by atoms with Crippen LogP contribution < -0.4 is 0 Å². The quantitative estimate of drug-likeness (QED) is 0.695. The third-order valence-electron chi connectivity index (χ3n) is 2.77. The molecule has 1 aliphatic carbocycles. The fraction of sp³-hybridized carbons (Fsp3) is 0.600. The zero-order valence-corrected chi connectivity index (χ0v) is 8.44. The first-order chi connectivity index (χ1) is 6.36. The fourth-order valence-electron chi connectivity index (χ4n) is 2.01. The van der Waals surface area contributed by atoms with Crippen LogP contribution in [0.4, 0.5) is 0 Å². The summed E-state index contributed by atoms with van der Waals surface area (Å²) in [6.45, 7) is 0. The molecule has 0 bridgehead atoms. The Morgan fingerprint density at radius 2 is 2.08 bits per heavy atom. The fourth-order valence-corrected chi connectivity index (χ4v) is 2.12. The summed E-state index contributed by atoms with van der Waals surface area (Å²) in [4.78, 5) is 7.11. The Balaban J connectivity index is 2.14. The molecule has 0 unspecified atom stereocenters. The van der Waals surface area contributed by atoms with Crippen LogP contribution in [0.25, 0.3) is 0 Å². The Bertz CT molecular complexity index is 305. The van der Waals surface area contributed by atoms with Crippen molar-refractivity contribution in [3.8, 4) is 0 Å². The second kappa shape index (κ2) is 4.01. The van der Waals surface area contributed by atoms with Gasteiger partial charge < -0.3 is 4.98 Å². The minimum atomic E-state index is 0.583. The molecule has 2 rings (SSSR count). The van der Waals surface area contributed by atoms with Crippen molar-refractivity contribution in [1.82, 2.24) is 9.97 Å². The lowest BCUT2D eigenvalue weighted by Gasteiger charge is -2.21. The average molecular weight is 194 g/mol. The number of aromatic amines is 1. The monoisotopic (exact) mass is 194 g/mol. The van der Waals surface area contributed by atoms with E-state index in [-0.39, 0.29) is 0 Å². The smallest absolute Gasteiger partial charge is 0.196 e. The zero-order valence-electron chi connectivity index (χ0n) is 7.62. The lowest BCUT2D eigenvalue weighted by atomic mass is 9.85. The van der Waals surface area contributed by atoms with Crippen LogP contribution in [0.1, 0.15) is 43.6 Å². The molecule has 1 saturated carbocycles. The van der Waals surface area contributed by atoms with Crippen LogP contribution in [-0.2, 0) is 0 Å². The molecular weight excluding hydrogens is 180 g/mol. The Labute approximate surface area is 83.4 Å². The molecule has 2 nitrogen and oxygen atoms in total. The van der Waals surface area contributed by atoms with Crippen LogP contribution in [0.2, 0.25) is 0 Å². The molecule has 1 aliphatic rings. The molecule has 1 aromatic rings. The molecule has 1 fully saturated rings. The van der Waals surface area contributed by atoms with Gasteiger partial charge in [0, 0.05) is 12.4 Å². The van der Waals surface area contributed by atoms with Crippen LogP contribution >= 0.6 is 12.2 Å². The van der Waals surface area contributed by atoms with E-state index in [0.717, 1.165) is 0 Å². The Kier molecular flexibility index (Phi) is 2.74. The predicted octanol–water partition coefficient (Wildman–Crippen LogP) is 3.19. The number of hydrogen-bond acceptors (Lipinski definition) is 2. The molecule has 0 saturated heterocycles. The van der Waals surface area contributed by atoms with Crippen LogP contribution in [0.3, 0.4) is 0 Å². The maximum Gasteiger partial charge on any atom is 0.196 e. The van der Waals surface area contributed by atoms with Crippen molar-refractivity contribution in [3.05, 3.63) is 22.7 Å². The van der Waals surface area contributed by atoms with Crippen LogP contribution in [0.15, 0.2) is 12.4 Å². The van der Waals surface area contributed by atoms with Gasteiger partial charge in [0.05, 0.1) is 0 Å². The highest BCUT2D eigenvalue weighted by Crippen LogP contribution is 2.31. The summed E-state index contributed by atoms with van der Waals surface area (Å²) < 4.78 is 0.583. The molecule has 0 aliphatic heterocycles. The van der Waals surface area contributed by atoms with Crippen molar-refractivity contribution < 1.29 is 0 Å². The Morgan fingerprint density at radius 3 is 2.69 bits per heavy atom. The summed E-state index contributed by atoms with van der Waals surface area (Å²) in [6, 6.07) is 0. The third-order valence-corrected chi connectivity index (χ3v) is 2.99. The van der Waals surface area contributed by atoms with E-state index in [2.05, 4.69) is 9.97 Å². The minimum absolute atomic E-state index is 0.583. The largest absolute Gasteiger partial charge is 0.337 e. The van der Waals surface area contributed by atoms with Crippen LogP contribution in [0, 0.1) is 4.77 Å². The van der Waals surface area contributed by atoms with E-state index >= 15 is 0 Å². The first-order valence-electron chi connectivity index (χ1n) is 4.91.